The van der Waals surface area contributed by atoms with Crippen molar-refractivity contribution < 1.29 is 24.2 Å². The second-order valence-corrected chi connectivity index (χ2v) is 7.95. The molecular formula is C22H17ClN3O6S-. The molecule has 0 aliphatic carbocycles. The summed E-state index contributed by atoms with van der Waals surface area (Å²) in [6, 6.07) is 11.8. The van der Waals surface area contributed by atoms with Gasteiger partial charge in [0.25, 0.3) is 5.91 Å². The van der Waals surface area contributed by atoms with Gasteiger partial charge in [-0.2, -0.15) is 5.10 Å². The molecule has 3 rings (SSSR count). The van der Waals surface area contributed by atoms with E-state index in [1.54, 1.807) is 19.1 Å². The summed E-state index contributed by atoms with van der Waals surface area (Å²) in [5, 5.41) is 15.0. The molecule has 1 aromatic heterocycles. The summed E-state index contributed by atoms with van der Waals surface area (Å²) in [4.78, 5) is 47.2. The van der Waals surface area contributed by atoms with Crippen LogP contribution in [0.3, 0.4) is 0 Å². The fourth-order valence-electron chi connectivity index (χ4n) is 2.78. The number of aromatic carboxylic acids is 1. The summed E-state index contributed by atoms with van der Waals surface area (Å²) in [7, 11) is 0. The number of hydrogen-bond donors (Lipinski definition) is 1. The predicted octanol–water partition coefficient (Wildman–Crippen LogP) is 1.92. The first kappa shape index (κ1) is 23.9. The first-order valence-corrected chi connectivity index (χ1v) is 10.8. The number of carbonyl (C=O) groups excluding carboxylic acids is 3. The molecule has 33 heavy (non-hydrogen) atoms. The Labute approximate surface area is 196 Å². The van der Waals surface area contributed by atoms with E-state index in [1.165, 1.54) is 47.2 Å². The number of carbonyl (C=O) groups is 3. The smallest absolute Gasteiger partial charge is 0.338 e. The highest BCUT2D eigenvalue weighted by atomic mass is 35.5. The third kappa shape index (κ3) is 5.93. The second-order valence-electron chi connectivity index (χ2n) is 6.59. The molecule has 2 aromatic carbocycles. The Morgan fingerprint density at radius 2 is 1.85 bits per heavy atom. The molecule has 0 radical (unpaired) electrons. The quantitative estimate of drug-likeness (QED) is 0.294. The number of ether oxygens (including phenoxy) is 1. The highest BCUT2D eigenvalue weighted by Crippen LogP contribution is 2.18. The maximum atomic E-state index is 12.3. The van der Waals surface area contributed by atoms with Crippen molar-refractivity contribution in [2.75, 3.05) is 6.61 Å². The third-order valence-corrected chi connectivity index (χ3v) is 5.80. The average molecular weight is 487 g/mol. The van der Waals surface area contributed by atoms with Crippen molar-refractivity contribution in [2.24, 2.45) is 5.10 Å². The van der Waals surface area contributed by atoms with Crippen molar-refractivity contribution in [3.05, 3.63) is 90.5 Å². The molecule has 0 bridgehead atoms. The summed E-state index contributed by atoms with van der Waals surface area (Å²) in [6.07, 6.45) is 1.24. The zero-order valence-electron chi connectivity index (χ0n) is 17.2. The molecular weight excluding hydrogens is 470 g/mol. The lowest BCUT2D eigenvalue weighted by molar-refractivity contribution is -0.255. The van der Waals surface area contributed by atoms with E-state index >= 15 is 0 Å². The van der Waals surface area contributed by atoms with Crippen LogP contribution in [0.2, 0.25) is 5.15 Å². The van der Waals surface area contributed by atoms with Gasteiger partial charge in [-0.05, 0) is 48.4 Å². The van der Waals surface area contributed by atoms with Gasteiger partial charge >= 0.3 is 10.8 Å². The average Bonchev–Trinajstić information content (AvgIpc) is 3.07. The van der Waals surface area contributed by atoms with Crippen molar-refractivity contribution in [1.82, 2.24) is 9.99 Å². The largest absolute Gasteiger partial charge is 0.545 e. The van der Waals surface area contributed by atoms with Gasteiger partial charge in [-0.3, -0.25) is 14.2 Å². The Kier molecular flexibility index (Phi) is 7.75. The molecule has 0 atom stereocenters. The van der Waals surface area contributed by atoms with Gasteiger partial charge in [0.2, 0.25) is 0 Å². The lowest BCUT2D eigenvalue weighted by Crippen LogP contribution is -2.22. The molecule has 0 aliphatic heterocycles. The predicted molar refractivity (Wildman–Crippen MR) is 121 cm³/mol. The van der Waals surface area contributed by atoms with Gasteiger partial charge in [-0.25, -0.2) is 10.2 Å². The van der Waals surface area contributed by atoms with E-state index in [4.69, 9.17) is 16.3 Å². The van der Waals surface area contributed by atoms with Crippen LogP contribution in [0.4, 0.5) is 0 Å². The Morgan fingerprint density at radius 3 is 2.52 bits per heavy atom. The van der Waals surface area contributed by atoms with Crippen molar-refractivity contribution in [1.29, 1.82) is 0 Å². The summed E-state index contributed by atoms with van der Waals surface area (Å²) >= 11 is 7.11. The summed E-state index contributed by atoms with van der Waals surface area (Å²) in [6.45, 7) is 2.00. The zero-order chi connectivity index (χ0) is 24.0. The SMILES string of the molecule is CCOC(=O)c1ccc(C(=O)N/N=C\c2sc(=O)n(Cc3cccc(C(=O)[O-])c3)c2Cl)cc1. The highest BCUT2D eigenvalue weighted by Gasteiger charge is 2.13. The number of carboxylic acid groups (broad SMARTS) is 1. The fourth-order valence-corrected chi connectivity index (χ4v) is 3.89. The van der Waals surface area contributed by atoms with Crippen LogP contribution in [-0.4, -0.2) is 35.2 Å². The lowest BCUT2D eigenvalue weighted by Gasteiger charge is -2.07. The van der Waals surface area contributed by atoms with E-state index < -0.39 is 17.8 Å². The van der Waals surface area contributed by atoms with E-state index in [1.807, 2.05) is 0 Å². The molecule has 0 saturated carbocycles. The van der Waals surface area contributed by atoms with Crippen LogP contribution in [0, 0.1) is 0 Å². The fraction of sp³-hybridized carbons (Fsp3) is 0.136. The van der Waals surface area contributed by atoms with Gasteiger partial charge < -0.3 is 14.6 Å². The van der Waals surface area contributed by atoms with E-state index in [-0.39, 0.29) is 34.3 Å². The molecule has 170 valence electrons. The van der Waals surface area contributed by atoms with Gasteiger partial charge in [0.1, 0.15) is 5.15 Å². The highest BCUT2D eigenvalue weighted by molar-refractivity contribution is 7.11. The number of rotatable bonds is 8. The first-order chi connectivity index (χ1) is 15.8. The Morgan fingerprint density at radius 1 is 1.15 bits per heavy atom. The summed E-state index contributed by atoms with van der Waals surface area (Å²) in [5.41, 5.74) is 3.46. The van der Waals surface area contributed by atoms with Crippen LogP contribution in [0.1, 0.15) is 48.4 Å². The van der Waals surface area contributed by atoms with Crippen LogP contribution in [0.5, 0.6) is 0 Å². The Bertz CT molecular complexity index is 1280. The number of esters is 1. The van der Waals surface area contributed by atoms with Gasteiger partial charge in [0.15, 0.2) is 0 Å². The number of nitrogens with one attached hydrogen (secondary N) is 1. The van der Waals surface area contributed by atoms with Crippen LogP contribution in [-0.2, 0) is 11.3 Å². The Balaban J connectivity index is 1.68. The molecule has 1 N–H and O–H groups in total. The molecule has 1 heterocycles. The lowest BCUT2D eigenvalue weighted by atomic mass is 10.1. The number of thiazole rings is 1. The normalized spacial score (nSPS) is 10.8. The second kappa shape index (κ2) is 10.7. The van der Waals surface area contributed by atoms with E-state index in [0.717, 1.165) is 11.3 Å². The van der Waals surface area contributed by atoms with Crippen LogP contribution >= 0.6 is 22.9 Å². The van der Waals surface area contributed by atoms with Crippen molar-refractivity contribution in [3.8, 4) is 0 Å². The molecule has 3 aromatic rings. The maximum absolute atomic E-state index is 12.3. The number of hydrazone groups is 1. The maximum Gasteiger partial charge on any atom is 0.338 e. The van der Waals surface area contributed by atoms with Crippen LogP contribution in [0.15, 0.2) is 58.4 Å². The number of nitrogens with zero attached hydrogens (tertiary/aromatic N) is 2. The minimum Gasteiger partial charge on any atom is -0.545 e. The van der Waals surface area contributed by atoms with Gasteiger partial charge in [0.05, 0.1) is 35.8 Å². The minimum atomic E-state index is -1.32. The van der Waals surface area contributed by atoms with Gasteiger partial charge in [-0.15, -0.1) is 0 Å². The molecule has 0 unspecified atom stereocenters. The van der Waals surface area contributed by atoms with E-state index in [9.17, 15) is 24.3 Å². The van der Waals surface area contributed by atoms with E-state index in [0.29, 0.717) is 16.0 Å². The van der Waals surface area contributed by atoms with Crippen LogP contribution < -0.4 is 15.4 Å². The topological polar surface area (TPSA) is 130 Å². The zero-order valence-corrected chi connectivity index (χ0v) is 18.8. The van der Waals surface area contributed by atoms with Crippen molar-refractivity contribution in [2.45, 2.75) is 13.5 Å². The first-order valence-electron chi connectivity index (χ1n) is 9.60. The van der Waals surface area contributed by atoms with Gasteiger partial charge in [0, 0.05) is 5.56 Å². The minimum absolute atomic E-state index is 0.00770. The van der Waals surface area contributed by atoms with Crippen LogP contribution in [0.25, 0.3) is 0 Å². The molecule has 0 aliphatic rings. The number of benzene rings is 2. The number of halogens is 1. The number of hydrogen-bond acceptors (Lipinski definition) is 8. The molecule has 11 heteroatoms. The summed E-state index contributed by atoms with van der Waals surface area (Å²) in [5.74, 6) is -2.33. The molecule has 1 amide bonds. The third-order valence-electron chi connectivity index (χ3n) is 4.37. The van der Waals surface area contributed by atoms with Crippen molar-refractivity contribution in [3.63, 3.8) is 0 Å². The molecule has 9 nitrogen and oxygen atoms in total. The number of carboxylic acids is 1. The van der Waals surface area contributed by atoms with Crippen molar-refractivity contribution >= 4 is 47.0 Å². The number of amides is 1. The van der Waals surface area contributed by atoms with E-state index in [2.05, 4.69) is 10.5 Å². The Hall–Kier alpha value is -3.76. The van der Waals surface area contributed by atoms with Gasteiger partial charge in [-0.1, -0.05) is 41.1 Å². The summed E-state index contributed by atoms with van der Waals surface area (Å²) < 4.78 is 6.15. The molecule has 0 fully saturated rings. The monoisotopic (exact) mass is 486 g/mol. The standard InChI is InChI=1S/C22H18ClN3O6S/c1-2-32-21(30)15-8-6-14(7-9-15)19(27)25-24-11-17-18(23)26(22(31)33-17)12-13-4-3-5-16(10-13)20(28)29/h3-11H,2,12H2,1H3,(H,25,27)(H,28,29)/p-1/b24-11-. The number of aromatic nitrogens is 1. The molecule has 0 saturated heterocycles. The molecule has 0 spiro atoms.